The highest BCUT2D eigenvalue weighted by atomic mass is 16.4. The number of benzene rings is 2. The summed E-state index contributed by atoms with van der Waals surface area (Å²) >= 11 is 0. The molecule has 0 aliphatic heterocycles. The van der Waals surface area contributed by atoms with Crippen molar-refractivity contribution in [3.8, 4) is 22.9 Å². The zero-order valence-corrected chi connectivity index (χ0v) is 16.2. The second kappa shape index (κ2) is 6.65. The second-order valence-corrected chi connectivity index (χ2v) is 8.29. The molecule has 0 fully saturated rings. The molecule has 4 rings (SSSR count). The molecular weight excluding hydrogens is 336 g/mol. The Hall–Kier alpha value is -2.95. The first-order valence-electron chi connectivity index (χ1n) is 9.26. The van der Waals surface area contributed by atoms with Gasteiger partial charge in [-0.25, -0.2) is 0 Å². The van der Waals surface area contributed by atoms with Crippen molar-refractivity contribution in [3.05, 3.63) is 53.7 Å². The van der Waals surface area contributed by atoms with Crippen LogP contribution in [-0.4, -0.2) is 20.4 Å². The van der Waals surface area contributed by atoms with Crippen molar-refractivity contribution in [2.24, 2.45) is 5.41 Å². The predicted octanol–water partition coefficient (Wildman–Crippen LogP) is 5.57. The Morgan fingerprint density at radius 1 is 0.963 bits per heavy atom. The van der Waals surface area contributed by atoms with Crippen LogP contribution in [0.3, 0.4) is 0 Å². The molecule has 0 saturated heterocycles. The Balaban J connectivity index is 1.58. The van der Waals surface area contributed by atoms with Gasteiger partial charge in [0, 0.05) is 16.5 Å². The number of rotatable bonds is 4. The number of aromatic amines is 1. The summed E-state index contributed by atoms with van der Waals surface area (Å²) in [6, 6.07) is 12.3. The van der Waals surface area contributed by atoms with Gasteiger partial charge in [-0.05, 0) is 66.6 Å². The van der Waals surface area contributed by atoms with E-state index in [9.17, 15) is 0 Å². The third-order valence-electron chi connectivity index (χ3n) is 4.85. The summed E-state index contributed by atoms with van der Waals surface area (Å²) < 4.78 is 5.94. The molecule has 0 unspecified atom stereocenters. The van der Waals surface area contributed by atoms with Crippen molar-refractivity contribution < 1.29 is 4.42 Å². The van der Waals surface area contributed by atoms with Crippen LogP contribution in [0, 0.1) is 12.3 Å². The molecule has 0 bridgehead atoms. The first-order valence-corrected chi connectivity index (χ1v) is 9.26. The van der Waals surface area contributed by atoms with Gasteiger partial charge >= 0.3 is 0 Å². The molecule has 0 aliphatic rings. The van der Waals surface area contributed by atoms with Gasteiger partial charge in [0.05, 0.1) is 11.7 Å². The fourth-order valence-electron chi connectivity index (χ4n) is 3.15. The average molecular weight is 360 g/mol. The van der Waals surface area contributed by atoms with Gasteiger partial charge in [0.1, 0.15) is 0 Å². The highest BCUT2D eigenvalue weighted by molar-refractivity contribution is 5.82. The third kappa shape index (κ3) is 3.77. The average Bonchev–Trinajstić information content (AvgIpc) is 3.28. The van der Waals surface area contributed by atoms with Gasteiger partial charge < -0.3 is 4.42 Å². The highest BCUT2D eigenvalue weighted by Crippen LogP contribution is 2.28. The largest absolute Gasteiger partial charge is 0.416 e. The van der Waals surface area contributed by atoms with Crippen LogP contribution in [0.4, 0.5) is 0 Å². The lowest BCUT2D eigenvalue weighted by Gasteiger charge is -2.18. The van der Waals surface area contributed by atoms with Crippen molar-refractivity contribution in [2.45, 2.75) is 40.5 Å². The van der Waals surface area contributed by atoms with Crippen LogP contribution < -0.4 is 0 Å². The van der Waals surface area contributed by atoms with Crippen LogP contribution in [0.25, 0.3) is 33.8 Å². The summed E-state index contributed by atoms with van der Waals surface area (Å²) in [5.41, 5.74) is 5.80. The quantitative estimate of drug-likeness (QED) is 0.517. The lowest BCUT2D eigenvalue weighted by atomic mass is 9.87. The Bertz CT molecular complexity index is 1090. The second-order valence-electron chi connectivity index (χ2n) is 8.29. The molecule has 138 valence electrons. The number of hydrogen-bond acceptors (Lipinski definition) is 4. The first-order chi connectivity index (χ1) is 12.9. The van der Waals surface area contributed by atoms with Gasteiger partial charge in [0.2, 0.25) is 11.8 Å². The van der Waals surface area contributed by atoms with Gasteiger partial charge in [-0.1, -0.05) is 26.8 Å². The van der Waals surface area contributed by atoms with Crippen molar-refractivity contribution in [2.75, 3.05) is 0 Å². The van der Waals surface area contributed by atoms with E-state index in [1.165, 1.54) is 11.1 Å². The maximum atomic E-state index is 5.94. The summed E-state index contributed by atoms with van der Waals surface area (Å²) in [6.07, 6.45) is 4.03. The van der Waals surface area contributed by atoms with Crippen molar-refractivity contribution in [1.82, 2.24) is 20.4 Å². The van der Waals surface area contributed by atoms with Crippen LogP contribution in [0.2, 0.25) is 0 Å². The molecule has 0 aliphatic carbocycles. The number of aryl methyl sites for hydroxylation is 2. The highest BCUT2D eigenvalue weighted by Gasteiger charge is 2.14. The van der Waals surface area contributed by atoms with E-state index in [0.717, 1.165) is 34.9 Å². The van der Waals surface area contributed by atoms with E-state index in [4.69, 9.17) is 4.42 Å². The standard InChI is InChI=1S/C22H24N4O/c1-14-11-16(6-5-15(14)9-10-22(2,3)4)20-25-26-21(27-20)17-7-8-19-18(12-17)13-23-24-19/h5-8,11-13H,9-10H2,1-4H3,(H,23,24). The molecule has 5 heteroatoms. The summed E-state index contributed by atoms with van der Waals surface area (Å²) in [4.78, 5) is 0. The zero-order valence-electron chi connectivity index (χ0n) is 16.2. The molecule has 1 N–H and O–H groups in total. The molecular formula is C22H24N4O. The van der Waals surface area contributed by atoms with E-state index >= 15 is 0 Å². The summed E-state index contributed by atoms with van der Waals surface area (Å²) in [5.74, 6) is 1.06. The summed E-state index contributed by atoms with van der Waals surface area (Å²) in [6.45, 7) is 8.97. The topological polar surface area (TPSA) is 67.6 Å². The van der Waals surface area contributed by atoms with Gasteiger partial charge in [-0.2, -0.15) is 5.10 Å². The van der Waals surface area contributed by atoms with Gasteiger partial charge in [-0.3, -0.25) is 5.10 Å². The summed E-state index contributed by atoms with van der Waals surface area (Å²) in [5, 5.41) is 16.5. The molecule has 0 radical (unpaired) electrons. The smallest absolute Gasteiger partial charge is 0.248 e. The van der Waals surface area contributed by atoms with Gasteiger partial charge in [0.15, 0.2) is 0 Å². The third-order valence-corrected chi connectivity index (χ3v) is 4.85. The van der Waals surface area contributed by atoms with Crippen LogP contribution in [0.5, 0.6) is 0 Å². The molecule has 0 atom stereocenters. The van der Waals surface area contributed by atoms with Crippen molar-refractivity contribution in [1.29, 1.82) is 0 Å². The molecule has 27 heavy (non-hydrogen) atoms. The molecule has 0 saturated carbocycles. The number of fused-ring (bicyclic) bond motifs is 1. The normalized spacial score (nSPS) is 12.0. The number of H-pyrrole nitrogens is 1. The molecule has 0 amide bonds. The predicted molar refractivity (Wildman–Crippen MR) is 107 cm³/mol. The Kier molecular flexibility index (Phi) is 4.30. The summed E-state index contributed by atoms with van der Waals surface area (Å²) in [7, 11) is 0. The molecule has 2 aromatic carbocycles. The maximum Gasteiger partial charge on any atom is 0.248 e. The minimum atomic E-state index is 0.336. The van der Waals surface area contributed by atoms with Crippen molar-refractivity contribution in [3.63, 3.8) is 0 Å². The number of aromatic nitrogens is 4. The van der Waals surface area contributed by atoms with Gasteiger partial charge in [-0.15, -0.1) is 10.2 Å². The molecule has 0 spiro atoms. The van der Waals surface area contributed by atoms with Crippen LogP contribution >= 0.6 is 0 Å². The molecule has 2 heterocycles. The Morgan fingerprint density at radius 2 is 1.67 bits per heavy atom. The Labute approximate surface area is 158 Å². The lowest BCUT2D eigenvalue weighted by Crippen LogP contribution is -2.07. The molecule has 5 nitrogen and oxygen atoms in total. The fourth-order valence-corrected chi connectivity index (χ4v) is 3.15. The minimum Gasteiger partial charge on any atom is -0.416 e. The van der Waals surface area contributed by atoms with E-state index in [-0.39, 0.29) is 0 Å². The minimum absolute atomic E-state index is 0.336. The zero-order chi connectivity index (χ0) is 19.0. The fraction of sp³-hybridized carbons (Fsp3) is 0.318. The number of nitrogens with zero attached hydrogens (tertiary/aromatic N) is 3. The maximum absolute atomic E-state index is 5.94. The van der Waals surface area contributed by atoms with Crippen molar-refractivity contribution >= 4 is 10.9 Å². The van der Waals surface area contributed by atoms with E-state index < -0.39 is 0 Å². The lowest BCUT2D eigenvalue weighted by molar-refractivity contribution is 0.378. The Morgan fingerprint density at radius 3 is 2.37 bits per heavy atom. The van der Waals surface area contributed by atoms with E-state index in [1.807, 2.05) is 18.2 Å². The molecule has 2 aromatic heterocycles. The van der Waals surface area contributed by atoms with Crippen LogP contribution in [0.15, 0.2) is 47.0 Å². The first kappa shape index (κ1) is 17.5. The van der Waals surface area contributed by atoms with Crippen LogP contribution in [-0.2, 0) is 6.42 Å². The van der Waals surface area contributed by atoms with Crippen LogP contribution in [0.1, 0.15) is 38.3 Å². The number of hydrogen-bond donors (Lipinski definition) is 1. The van der Waals surface area contributed by atoms with E-state index in [2.05, 4.69) is 66.3 Å². The van der Waals surface area contributed by atoms with E-state index in [0.29, 0.717) is 17.2 Å². The van der Waals surface area contributed by atoms with E-state index in [1.54, 1.807) is 6.20 Å². The number of nitrogens with one attached hydrogen (secondary N) is 1. The SMILES string of the molecule is Cc1cc(-c2nnc(-c3ccc4[nH]ncc4c3)o2)ccc1CCC(C)(C)C. The monoisotopic (exact) mass is 360 g/mol. The van der Waals surface area contributed by atoms with Gasteiger partial charge in [0.25, 0.3) is 0 Å². The molecule has 4 aromatic rings.